The van der Waals surface area contributed by atoms with Gasteiger partial charge in [-0.25, -0.2) is 4.68 Å². The fourth-order valence-corrected chi connectivity index (χ4v) is 2.63. The summed E-state index contributed by atoms with van der Waals surface area (Å²) >= 11 is 0. The lowest BCUT2D eigenvalue weighted by atomic mass is 9.87. The standard InChI is InChI=1S/C13H25N5/c1-4-5-7-13(2,3)10-18-12(15-16-17-18)11-6-8-14-9-11/h11,14H,4-10H2,1-3H3. The average molecular weight is 251 g/mol. The predicted molar refractivity (Wildman–Crippen MR) is 71.4 cm³/mol. The van der Waals surface area contributed by atoms with Gasteiger partial charge in [0.05, 0.1) is 0 Å². The number of hydrogen-bond acceptors (Lipinski definition) is 4. The molecule has 0 bridgehead atoms. The Balaban J connectivity index is 2.02. The van der Waals surface area contributed by atoms with Crippen LogP contribution in [0.15, 0.2) is 0 Å². The van der Waals surface area contributed by atoms with Crippen molar-refractivity contribution in [3.05, 3.63) is 5.82 Å². The van der Waals surface area contributed by atoms with Crippen LogP contribution in [0.1, 0.15) is 58.2 Å². The molecule has 5 nitrogen and oxygen atoms in total. The lowest BCUT2D eigenvalue weighted by Crippen LogP contribution is -2.23. The summed E-state index contributed by atoms with van der Waals surface area (Å²) in [4.78, 5) is 0. The molecule has 1 aromatic rings. The van der Waals surface area contributed by atoms with Gasteiger partial charge in [0.15, 0.2) is 5.82 Å². The third-order valence-electron chi connectivity index (χ3n) is 3.77. The fraction of sp³-hybridized carbons (Fsp3) is 0.923. The van der Waals surface area contributed by atoms with Gasteiger partial charge in [0, 0.05) is 19.0 Å². The zero-order valence-electron chi connectivity index (χ0n) is 11.8. The molecule has 0 amide bonds. The third-order valence-corrected chi connectivity index (χ3v) is 3.77. The van der Waals surface area contributed by atoms with Crippen LogP contribution >= 0.6 is 0 Å². The molecule has 0 aromatic carbocycles. The Hall–Kier alpha value is -0.970. The molecular weight excluding hydrogens is 226 g/mol. The zero-order valence-corrected chi connectivity index (χ0v) is 11.8. The Bertz CT molecular complexity index is 365. The van der Waals surface area contributed by atoms with E-state index in [9.17, 15) is 0 Å². The summed E-state index contributed by atoms with van der Waals surface area (Å²) in [5.41, 5.74) is 0.270. The quantitative estimate of drug-likeness (QED) is 0.840. The summed E-state index contributed by atoms with van der Waals surface area (Å²) < 4.78 is 2.02. The van der Waals surface area contributed by atoms with E-state index in [0.717, 1.165) is 31.9 Å². The van der Waals surface area contributed by atoms with E-state index >= 15 is 0 Å². The Morgan fingerprint density at radius 1 is 1.44 bits per heavy atom. The van der Waals surface area contributed by atoms with Crippen LogP contribution in [0, 0.1) is 5.41 Å². The van der Waals surface area contributed by atoms with E-state index in [2.05, 4.69) is 41.6 Å². The molecule has 1 aliphatic rings. The second-order valence-electron chi connectivity index (χ2n) is 6.15. The molecule has 0 radical (unpaired) electrons. The number of aromatic nitrogens is 4. The lowest BCUT2D eigenvalue weighted by molar-refractivity contribution is 0.253. The summed E-state index contributed by atoms with van der Waals surface area (Å²) in [6.07, 6.45) is 4.90. The van der Waals surface area contributed by atoms with Crippen molar-refractivity contribution in [2.24, 2.45) is 5.41 Å². The number of rotatable bonds is 6. The smallest absolute Gasteiger partial charge is 0.155 e. The van der Waals surface area contributed by atoms with Crippen molar-refractivity contribution in [2.75, 3.05) is 13.1 Å². The van der Waals surface area contributed by atoms with E-state index in [1.54, 1.807) is 0 Å². The Morgan fingerprint density at radius 3 is 2.94 bits per heavy atom. The normalized spacial score (nSPS) is 20.5. The summed E-state index contributed by atoms with van der Waals surface area (Å²) in [6.45, 7) is 9.86. The van der Waals surface area contributed by atoms with Gasteiger partial charge in [-0.15, -0.1) is 5.10 Å². The second kappa shape index (κ2) is 5.78. The predicted octanol–water partition coefficient (Wildman–Crippen LogP) is 1.97. The van der Waals surface area contributed by atoms with Crippen LogP contribution in [-0.2, 0) is 6.54 Å². The van der Waals surface area contributed by atoms with Crippen LogP contribution < -0.4 is 5.32 Å². The largest absolute Gasteiger partial charge is 0.316 e. The molecule has 1 aromatic heterocycles. The van der Waals surface area contributed by atoms with Crippen LogP contribution in [0.3, 0.4) is 0 Å². The van der Waals surface area contributed by atoms with Gasteiger partial charge in [-0.2, -0.15) is 0 Å². The van der Waals surface area contributed by atoms with Gasteiger partial charge in [0.2, 0.25) is 0 Å². The van der Waals surface area contributed by atoms with Gasteiger partial charge in [0.25, 0.3) is 0 Å². The van der Waals surface area contributed by atoms with E-state index in [1.165, 1.54) is 19.3 Å². The van der Waals surface area contributed by atoms with Crippen LogP contribution in [-0.4, -0.2) is 33.3 Å². The fourth-order valence-electron chi connectivity index (χ4n) is 2.63. The molecule has 5 heteroatoms. The molecule has 0 aliphatic carbocycles. The maximum atomic E-state index is 4.22. The number of unbranched alkanes of at least 4 members (excludes halogenated alkanes) is 1. The number of nitrogens with zero attached hydrogens (tertiary/aromatic N) is 4. The molecule has 1 atom stereocenters. The highest BCUT2D eigenvalue weighted by Gasteiger charge is 2.26. The molecule has 1 unspecified atom stereocenters. The second-order valence-corrected chi connectivity index (χ2v) is 6.15. The highest BCUT2D eigenvalue weighted by Crippen LogP contribution is 2.27. The molecule has 2 heterocycles. The van der Waals surface area contributed by atoms with Crippen LogP contribution in [0.4, 0.5) is 0 Å². The summed E-state index contributed by atoms with van der Waals surface area (Å²) in [6, 6.07) is 0. The van der Waals surface area contributed by atoms with Crippen molar-refractivity contribution in [3.8, 4) is 0 Å². The van der Waals surface area contributed by atoms with Crippen LogP contribution in [0.2, 0.25) is 0 Å². The van der Waals surface area contributed by atoms with Gasteiger partial charge >= 0.3 is 0 Å². The van der Waals surface area contributed by atoms with E-state index in [4.69, 9.17) is 0 Å². The monoisotopic (exact) mass is 251 g/mol. The summed E-state index contributed by atoms with van der Waals surface area (Å²) in [5, 5.41) is 15.6. The summed E-state index contributed by atoms with van der Waals surface area (Å²) in [7, 11) is 0. The van der Waals surface area contributed by atoms with Gasteiger partial charge in [-0.05, 0) is 35.2 Å². The molecule has 0 saturated carbocycles. The van der Waals surface area contributed by atoms with Gasteiger partial charge in [-0.1, -0.05) is 33.6 Å². The third kappa shape index (κ3) is 3.28. The number of nitrogens with one attached hydrogen (secondary N) is 1. The maximum absolute atomic E-state index is 4.22. The van der Waals surface area contributed by atoms with Crippen LogP contribution in [0.25, 0.3) is 0 Å². The van der Waals surface area contributed by atoms with E-state index < -0.39 is 0 Å². The first-order valence-electron chi connectivity index (χ1n) is 7.09. The van der Waals surface area contributed by atoms with Gasteiger partial charge in [-0.3, -0.25) is 0 Å². The average Bonchev–Trinajstić information content (AvgIpc) is 2.95. The SMILES string of the molecule is CCCCC(C)(C)Cn1nnnc1C1CCNC1. The minimum Gasteiger partial charge on any atom is -0.316 e. The minimum absolute atomic E-state index is 0.270. The highest BCUT2D eigenvalue weighted by atomic mass is 15.5. The first kappa shape index (κ1) is 13.5. The van der Waals surface area contributed by atoms with Crippen LogP contribution in [0.5, 0.6) is 0 Å². The zero-order chi connectivity index (χ0) is 13.0. The first-order chi connectivity index (χ1) is 8.62. The molecule has 0 spiro atoms. The van der Waals surface area contributed by atoms with Crippen molar-refractivity contribution in [2.45, 2.75) is 58.9 Å². The Labute approximate surface area is 109 Å². The maximum Gasteiger partial charge on any atom is 0.155 e. The van der Waals surface area contributed by atoms with Gasteiger partial charge in [0.1, 0.15) is 0 Å². The lowest BCUT2D eigenvalue weighted by Gasteiger charge is -2.25. The molecule has 1 fully saturated rings. The molecule has 102 valence electrons. The molecular formula is C13H25N5. The van der Waals surface area contributed by atoms with Crippen molar-refractivity contribution < 1.29 is 0 Å². The van der Waals surface area contributed by atoms with Crippen molar-refractivity contribution >= 4 is 0 Å². The number of hydrogen-bond donors (Lipinski definition) is 1. The first-order valence-corrected chi connectivity index (χ1v) is 7.09. The van der Waals surface area contributed by atoms with Crippen molar-refractivity contribution in [3.63, 3.8) is 0 Å². The minimum atomic E-state index is 0.270. The Morgan fingerprint density at radius 2 is 2.28 bits per heavy atom. The van der Waals surface area contributed by atoms with Crippen molar-refractivity contribution in [1.29, 1.82) is 0 Å². The molecule has 1 saturated heterocycles. The van der Waals surface area contributed by atoms with E-state index in [1.807, 2.05) is 4.68 Å². The molecule has 2 rings (SSSR count). The molecule has 1 aliphatic heterocycles. The highest BCUT2D eigenvalue weighted by molar-refractivity contribution is 4.98. The summed E-state index contributed by atoms with van der Waals surface area (Å²) in [5.74, 6) is 1.55. The Kier molecular flexibility index (Phi) is 4.32. The van der Waals surface area contributed by atoms with Gasteiger partial charge < -0.3 is 5.32 Å². The topological polar surface area (TPSA) is 55.6 Å². The van der Waals surface area contributed by atoms with E-state index in [-0.39, 0.29) is 5.41 Å². The number of tetrazole rings is 1. The van der Waals surface area contributed by atoms with E-state index in [0.29, 0.717) is 5.92 Å². The molecule has 1 N–H and O–H groups in total. The van der Waals surface area contributed by atoms with Crippen molar-refractivity contribution in [1.82, 2.24) is 25.5 Å². The molecule has 18 heavy (non-hydrogen) atoms.